The van der Waals surface area contributed by atoms with Gasteiger partial charge in [-0.3, -0.25) is 9.80 Å². The molecule has 1 fully saturated rings. The molecule has 176 valence electrons. The van der Waals surface area contributed by atoms with E-state index in [0.29, 0.717) is 11.8 Å². The molecule has 0 aromatic heterocycles. The number of aryl methyl sites for hydroxylation is 2. The average molecular weight is 437 g/mol. The summed E-state index contributed by atoms with van der Waals surface area (Å²) in [4.78, 5) is 5.28. The van der Waals surface area contributed by atoms with Gasteiger partial charge in [0.1, 0.15) is 5.75 Å². The van der Waals surface area contributed by atoms with Crippen molar-refractivity contribution in [1.82, 2.24) is 9.80 Å². The second-order valence-electron chi connectivity index (χ2n) is 9.84. The van der Waals surface area contributed by atoms with Crippen LogP contribution < -0.4 is 0 Å². The smallest absolute Gasteiger partial charge is 0.122 e. The van der Waals surface area contributed by atoms with Crippen LogP contribution in [0.2, 0.25) is 0 Å². The van der Waals surface area contributed by atoms with Crippen molar-refractivity contribution in [3.05, 3.63) is 64.7 Å². The van der Waals surface area contributed by atoms with Crippen LogP contribution in [-0.4, -0.2) is 40.6 Å². The quantitative estimate of drug-likeness (QED) is 0.348. The number of benzene rings is 2. The van der Waals surface area contributed by atoms with Crippen LogP contribution in [0.4, 0.5) is 0 Å². The van der Waals surface area contributed by atoms with Crippen LogP contribution in [0.3, 0.4) is 0 Å². The maximum absolute atomic E-state index is 10.7. The van der Waals surface area contributed by atoms with Crippen LogP contribution in [0.15, 0.2) is 42.5 Å². The highest BCUT2D eigenvalue weighted by Crippen LogP contribution is 2.27. The zero-order chi connectivity index (χ0) is 22.8. The highest BCUT2D eigenvalue weighted by atomic mass is 16.3. The molecule has 0 aliphatic carbocycles. The molecule has 3 heteroatoms. The molecule has 1 aliphatic rings. The van der Waals surface area contributed by atoms with Gasteiger partial charge in [-0.05, 0) is 57.3 Å². The van der Waals surface area contributed by atoms with Gasteiger partial charge in [0.05, 0.1) is 0 Å². The molecule has 3 nitrogen and oxygen atoms in total. The number of rotatable bonds is 13. The predicted molar refractivity (Wildman–Crippen MR) is 136 cm³/mol. The van der Waals surface area contributed by atoms with E-state index in [0.717, 1.165) is 30.8 Å². The molecule has 3 rings (SSSR count). The molecule has 1 saturated heterocycles. The zero-order valence-corrected chi connectivity index (χ0v) is 20.7. The summed E-state index contributed by atoms with van der Waals surface area (Å²) in [5, 5.41) is 10.7. The van der Waals surface area contributed by atoms with Gasteiger partial charge >= 0.3 is 0 Å². The van der Waals surface area contributed by atoms with Crippen LogP contribution in [0.1, 0.15) is 80.5 Å². The number of aromatic hydroxyl groups is 1. The van der Waals surface area contributed by atoms with Crippen LogP contribution in [0.25, 0.3) is 0 Å². The van der Waals surface area contributed by atoms with Gasteiger partial charge in [0.15, 0.2) is 0 Å². The van der Waals surface area contributed by atoms with Crippen molar-refractivity contribution in [2.45, 2.75) is 91.3 Å². The summed E-state index contributed by atoms with van der Waals surface area (Å²) >= 11 is 0. The third-order valence-corrected chi connectivity index (χ3v) is 6.93. The molecule has 1 atom stereocenters. The summed E-state index contributed by atoms with van der Waals surface area (Å²) in [6, 6.07) is 15.6. The minimum absolute atomic E-state index is 0.462. The third-order valence-electron chi connectivity index (χ3n) is 6.93. The Morgan fingerprint density at radius 3 is 2.50 bits per heavy atom. The van der Waals surface area contributed by atoms with E-state index in [4.69, 9.17) is 0 Å². The summed E-state index contributed by atoms with van der Waals surface area (Å²) in [6.45, 7) is 11.7. The second-order valence-corrected chi connectivity index (χ2v) is 9.84. The SMILES string of the molecule is CCCCCCCCN1CCC[C@H]1CN(Cc1ccccc1)Cc1cc(C)cc(C)c1O. The molecule has 0 spiro atoms. The standard InChI is InChI=1S/C29H44N2O/c1-4-5-6-7-8-12-17-31-18-13-16-28(31)23-30(21-26-14-10-9-11-15-26)22-27-20-24(2)19-25(3)29(27)32/h9-11,14-15,19-20,28,32H,4-8,12-13,16-18,21-23H2,1-3H3/t28-/m0/s1. The summed E-state index contributed by atoms with van der Waals surface area (Å²) in [5.74, 6) is 0.462. The van der Waals surface area contributed by atoms with Crippen molar-refractivity contribution in [3.63, 3.8) is 0 Å². The fourth-order valence-corrected chi connectivity index (χ4v) is 5.23. The lowest BCUT2D eigenvalue weighted by molar-refractivity contribution is 0.158. The van der Waals surface area contributed by atoms with E-state index >= 15 is 0 Å². The molecule has 0 saturated carbocycles. The van der Waals surface area contributed by atoms with Crippen molar-refractivity contribution in [1.29, 1.82) is 0 Å². The predicted octanol–water partition coefficient (Wildman–Crippen LogP) is 6.84. The highest BCUT2D eigenvalue weighted by molar-refractivity contribution is 5.42. The Balaban J connectivity index is 1.64. The topological polar surface area (TPSA) is 26.7 Å². The van der Waals surface area contributed by atoms with Gasteiger partial charge in [-0.25, -0.2) is 0 Å². The first-order valence-corrected chi connectivity index (χ1v) is 12.9. The van der Waals surface area contributed by atoms with Gasteiger partial charge in [-0.1, -0.05) is 87.1 Å². The number of hydrogen-bond acceptors (Lipinski definition) is 3. The Labute approximate surface area is 196 Å². The zero-order valence-electron chi connectivity index (χ0n) is 20.7. The van der Waals surface area contributed by atoms with Gasteiger partial charge in [0.25, 0.3) is 0 Å². The normalized spacial score (nSPS) is 16.8. The second kappa shape index (κ2) is 13.0. The van der Waals surface area contributed by atoms with E-state index in [1.807, 2.05) is 6.92 Å². The van der Waals surface area contributed by atoms with E-state index in [2.05, 4.69) is 66.1 Å². The molecular formula is C29H44N2O. The Kier molecular flexibility index (Phi) is 10.1. The minimum atomic E-state index is 0.462. The molecule has 32 heavy (non-hydrogen) atoms. The van der Waals surface area contributed by atoms with Gasteiger partial charge in [-0.2, -0.15) is 0 Å². The lowest BCUT2D eigenvalue weighted by Crippen LogP contribution is -2.40. The molecule has 1 heterocycles. The highest BCUT2D eigenvalue weighted by Gasteiger charge is 2.26. The number of hydrogen-bond donors (Lipinski definition) is 1. The largest absolute Gasteiger partial charge is 0.507 e. The Hall–Kier alpha value is -1.84. The molecule has 0 unspecified atom stereocenters. The summed E-state index contributed by atoms with van der Waals surface area (Å²) in [5.41, 5.74) is 4.60. The molecule has 2 aromatic carbocycles. The van der Waals surface area contributed by atoms with Crippen molar-refractivity contribution in [2.75, 3.05) is 19.6 Å². The maximum atomic E-state index is 10.7. The first-order chi connectivity index (χ1) is 15.6. The fourth-order valence-electron chi connectivity index (χ4n) is 5.23. The third kappa shape index (κ3) is 7.64. The molecule has 0 radical (unpaired) electrons. The van der Waals surface area contributed by atoms with Gasteiger partial charge in [0, 0.05) is 31.2 Å². The number of phenols is 1. The van der Waals surface area contributed by atoms with Crippen molar-refractivity contribution in [3.8, 4) is 5.75 Å². The molecule has 1 aliphatic heterocycles. The number of likely N-dealkylation sites (tertiary alicyclic amines) is 1. The maximum Gasteiger partial charge on any atom is 0.122 e. The first-order valence-electron chi connectivity index (χ1n) is 12.9. The molecule has 0 bridgehead atoms. The van der Waals surface area contributed by atoms with E-state index in [1.54, 1.807) is 0 Å². The number of nitrogens with zero attached hydrogens (tertiary/aromatic N) is 2. The van der Waals surface area contributed by atoms with Crippen LogP contribution in [0.5, 0.6) is 5.75 Å². The van der Waals surface area contributed by atoms with E-state index in [9.17, 15) is 5.11 Å². The van der Waals surface area contributed by atoms with Crippen molar-refractivity contribution >= 4 is 0 Å². The van der Waals surface area contributed by atoms with Gasteiger partial charge in [0.2, 0.25) is 0 Å². The summed E-state index contributed by atoms with van der Waals surface area (Å²) in [6.07, 6.45) is 10.8. The first kappa shape index (κ1) is 24.8. The van der Waals surface area contributed by atoms with E-state index < -0.39 is 0 Å². The Morgan fingerprint density at radius 2 is 1.72 bits per heavy atom. The molecule has 2 aromatic rings. The lowest BCUT2D eigenvalue weighted by Gasteiger charge is -2.31. The van der Waals surface area contributed by atoms with Crippen LogP contribution >= 0.6 is 0 Å². The average Bonchev–Trinajstić information content (AvgIpc) is 3.21. The summed E-state index contributed by atoms with van der Waals surface area (Å²) in [7, 11) is 0. The Morgan fingerprint density at radius 1 is 0.969 bits per heavy atom. The lowest BCUT2D eigenvalue weighted by atomic mass is 10.0. The van der Waals surface area contributed by atoms with Crippen molar-refractivity contribution < 1.29 is 5.11 Å². The van der Waals surface area contributed by atoms with E-state index in [-0.39, 0.29) is 0 Å². The molecular weight excluding hydrogens is 392 g/mol. The van der Waals surface area contributed by atoms with Gasteiger partial charge in [-0.15, -0.1) is 0 Å². The monoisotopic (exact) mass is 436 g/mol. The Bertz CT molecular complexity index is 804. The van der Waals surface area contributed by atoms with E-state index in [1.165, 1.54) is 75.6 Å². The van der Waals surface area contributed by atoms with Crippen LogP contribution in [0, 0.1) is 13.8 Å². The fraction of sp³-hybridized carbons (Fsp3) is 0.586. The van der Waals surface area contributed by atoms with Gasteiger partial charge < -0.3 is 5.11 Å². The van der Waals surface area contributed by atoms with Crippen LogP contribution in [-0.2, 0) is 13.1 Å². The summed E-state index contributed by atoms with van der Waals surface area (Å²) < 4.78 is 0. The number of unbranched alkanes of at least 4 members (excludes halogenated alkanes) is 5. The molecule has 0 amide bonds. The number of phenolic OH excluding ortho intramolecular Hbond substituents is 1. The van der Waals surface area contributed by atoms with Crippen molar-refractivity contribution in [2.24, 2.45) is 0 Å². The molecule has 1 N–H and O–H groups in total. The minimum Gasteiger partial charge on any atom is -0.507 e.